The highest BCUT2D eigenvalue weighted by Gasteiger charge is 2.17. The summed E-state index contributed by atoms with van der Waals surface area (Å²) in [5, 5.41) is 2.75. The van der Waals surface area contributed by atoms with Gasteiger partial charge >= 0.3 is 0 Å². The van der Waals surface area contributed by atoms with Crippen molar-refractivity contribution >= 4 is 54.6 Å². The van der Waals surface area contributed by atoms with Gasteiger partial charge in [-0.15, -0.1) is 0 Å². The van der Waals surface area contributed by atoms with E-state index in [1.807, 2.05) is 26.0 Å². The summed E-state index contributed by atoms with van der Waals surface area (Å²) in [4.78, 5) is 12.7. The van der Waals surface area contributed by atoms with Crippen LogP contribution in [-0.4, -0.2) is 29.0 Å². The van der Waals surface area contributed by atoms with Crippen molar-refractivity contribution in [2.45, 2.75) is 18.7 Å². The molecule has 3 N–H and O–H groups in total. The van der Waals surface area contributed by atoms with Crippen LogP contribution in [0.25, 0.3) is 0 Å². The summed E-state index contributed by atoms with van der Waals surface area (Å²) in [6, 6.07) is 15.2. The number of hydrogen-bond donors (Lipinski definition) is 3. The number of nitrogens with one attached hydrogen (secondary N) is 3. The van der Waals surface area contributed by atoms with E-state index in [1.54, 1.807) is 6.07 Å². The molecule has 3 aromatic carbocycles. The molecule has 0 fully saturated rings. The average Bonchev–Trinajstić information content (AvgIpc) is 2.71. The lowest BCUT2D eigenvalue weighted by Gasteiger charge is -2.12. The third-order valence-electron chi connectivity index (χ3n) is 4.56. The minimum absolute atomic E-state index is 0.0258. The van der Waals surface area contributed by atoms with Gasteiger partial charge in [-0.25, -0.2) is 16.8 Å². The fraction of sp³-hybridized carbons (Fsp3) is 0.136. The predicted octanol–water partition coefficient (Wildman–Crippen LogP) is 4.38. The molecule has 0 unspecified atom stereocenters. The first-order valence-corrected chi connectivity index (χ1v) is 13.4. The molecule has 33 heavy (non-hydrogen) atoms. The molecule has 11 heteroatoms. The minimum Gasteiger partial charge on any atom is -0.322 e. The number of rotatable bonds is 7. The molecule has 0 aliphatic rings. The smallest absolute Gasteiger partial charge is 0.261 e. The fourth-order valence-electron chi connectivity index (χ4n) is 3.02. The second-order valence-electron chi connectivity index (χ2n) is 7.47. The number of amides is 1. The van der Waals surface area contributed by atoms with Gasteiger partial charge in [-0.1, -0.05) is 29.3 Å². The zero-order valence-corrected chi connectivity index (χ0v) is 20.4. The molecule has 0 spiro atoms. The molecular weight excluding hydrogens is 486 g/mol. The van der Waals surface area contributed by atoms with Crippen molar-refractivity contribution in [3.63, 3.8) is 0 Å². The molecule has 0 aliphatic carbocycles. The summed E-state index contributed by atoms with van der Waals surface area (Å²) in [5.74, 6) is -0.582. The molecule has 0 atom stereocenters. The number of aryl methyl sites for hydroxylation is 2. The molecular formula is C22H22ClN3O5S2. The summed E-state index contributed by atoms with van der Waals surface area (Å²) in [5.41, 5.74) is 2.88. The number of carbonyl (C=O) groups excluding carboxylic acids is 1. The molecule has 1 amide bonds. The Bertz CT molecular complexity index is 1420. The van der Waals surface area contributed by atoms with E-state index in [0.717, 1.165) is 17.4 Å². The van der Waals surface area contributed by atoms with Gasteiger partial charge in [0.15, 0.2) is 0 Å². The Morgan fingerprint density at radius 2 is 1.45 bits per heavy atom. The van der Waals surface area contributed by atoms with Crippen LogP contribution in [0.1, 0.15) is 21.5 Å². The first-order valence-electron chi connectivity index (χ1n) is 9.63. The second kappa shape index (κ2) is 9.42. The van der Waals surface area contributed by atoms with E-state index in [1.165, 1.54) is 42.5 Å². The van der Waals surface area contributed by atoms with Gasteiger partial charge in [0.2, 0.25) is 10.0 Å². The van der Waals surface area contributed by atoms with Crippen molar-refractivity contribution in [1.29, 1.82) is 0 Å². The van der Waals surface area contributed by atoms with Crippen molar-refractivity contribution in [2.24, 2.45) is 0 Å². The topological polar surface area (TPSA) is 121 Å². The number of halogens is 1. The van der Waals surface area contributed by atoms with E-state index in [4.69, 9.17) is 11.6 Å². The monoisotopic (exact) mass is 507 g/mol. The van der Waals surface area contributed by atoms with Crippen LogP contribution in [0.15, 0.2) is 65.6 Å². The largest absolute Gasteiger partial charge is 0.322 e. The van der Waals surface area contributed by atoms with Crippen LogP contribution >= 0.6 is 11.6 Å². The predicted molar refractivity (Wildman–Crippen MR) is 131 cm³/mol. The summed E-state index contributed by atoms with van der Waals surface area (Å²) in [7, 11) is -7.35. The van der Waals surface area contributed by atoms with Crippen molar-refractivity contribution in [3.05, 3.63) is 82.4 Å². The zero-order chi connectivity index (χ0) is 24.4. The molecule has 0 bridgehead atoms. The van der Waals surface area contributed by atoms with Crippen molar-refractivity contribution in [3.8, 4) is 0 Å². The van der Waals surface area contributed by atoms with E-state index in [9.17, 15) is 21.6 Å². The van der Waals surface area contributed by atoms with Crippen LogP contribution < -0.4 is 14.8 Å². The summed E-state index contributed by atoms with van der Waals surface area (Å²) in [6.07, 6.45) is 0.992. The second-order valence-corrected chi connectivity index (χ2v) is 11.3. The van der Waals surface area contributed by atoms with Gasteiger partial charge in [-0.3, -0.25) is 14.2 Å². The fourth-order valence-corrected chi connectivity index (χ4v) is 4.91. The van der Waals surface area contributed by atoms with Crippen molar-refractivity contribution < 1.29 is 21.6 Å². The van der Waals surface area contributed by atoms with Gasteiger partial charge in [0, 0.05) is 11.4 Å². The lowest BCUT2D eigenvalue weighted by molar-refractivity contribution is 0.102. The van der Waals surface area contributed by atoms with Gasteiger partial charge in [0.05, 0.1) is 27.4 Å². The number of carbonyl (C=O) groups is 1. The Morgan fingerprint density at radius 1 is 0.818 bits per heavy atom. The molecule has 8 nitrogen and oxygen atoms in total. The lowest BCUT2D eigenvalue weighted by Crippen LogP contribution is -2.15. The van der Waals surface area contributed by atoms with Gasteiger partial charge in [-0.2, -0.15) is 0 Å². The number of benzene rings is 3. The minimum atomic E-state index is -3.82. The Kier molecular flexibility index (Phi) is 7.01. The molecule has 0 radical (unpaired) electrons. The molecule has 0 aromatic heterocycles. The third-order valence-corrected chi connectivity index (χ3v) is 6.88. The highest BCUT2D eigenvalue weighted by atomic mass is 35.5. The standard InChI is InChI=1S/C22H22ClN3O5S2/c1-14-4-11-21(15(2)12-14)26-33(30,31)18-8-5-16(6-9-18)24-22(27)19-13-17(7-10-20(19)23)25-32(3,28)29/h4-13,25-26H,1-3H3,(H,24,27). The molecule has 174 valence electrons. The number of hydrogen-bond acceptors (Lipinski definition) is 5. The van der Waals surface area contributed by atoms with Crippen LogP contribution in [0.5, 0.6) is 0 Å². The van der Waals surface area contributed by atoms with Crippen LogP contribution in [0, 0.1) is 13.8 Å². The Morgan fingerprint density at radius 3 is 2.06 bits per heavy atom. The lowest BCUT2D eigenvalue weighted by atomic mass is 10.1. The van der Waals surface area contributed by atoms with Gasteiger partial charge in [0.1, 0.15) is 0 Å². The van der Waals surface area contributed by atoms with Crippen molar-refractivity contribution in [2.75, 3.05) is 21.0 Å². The van der Waals surface area contributed by atoms with Crippen molar-refractivity contribution in [1.82, 2.24) is 0 Å². The van der Waals surface area contributed by atoms with Crippen LogP contribution in [0.2, 0.25) is 5.02 Å². The SMILES string of the molecule is Cc1ccc(NS(=O)(=O)c2ccc(NC(=O)c3cc(NS(C)(=O)=O)ccc3Cl)cc2)c(C)c1. The first-order chi connectivity index (χ1) is 15.3. The Hall–Kier alpha value is -3.08. The van der Waals surface area contributed by atoms with E-state index in [-0.39, 0.29) is 21.2 Å². The van der Waals surface area contributed by atoms with E-state index < -0.39 is 26.0 Å². The normalized spacial score (nSPS) is 11.6. The molecule has 3 aromatic rings. The van der Waals surface area contributed by atoms with Crippen LogP contribution in [-0.2, 0) is 20.0 Å². The van der Waals surface area contributed by atoms with E-state index >= 15 is 0 Å². The summed E-state index contributed by atoms with van der Waals surface area (Å²) >= 11 is 6.09. The maximum Gasteiger partial charge on any atom is 0.261 e. The van der Waals surface area contributed by atoms with Crippen LogP contribution in [0.3, 0.4) is 0 Å². The molecule has 0 saturated carbocycles. The molecule has 0 saturated heterocycles. The number of sulfonamides is 2. The molecule has 0 aliphatic heterocycles. The van der Waals surface area contributed by atoms with Gasteiger partial charge in [-0.05, 0) is 67.9 Å². The summed E-state index contributed by atoms with van der Waals surface area (Å²) in [6.45, 7) is 3.74. The zero-order valence-electron chi connectivity index (χ0n) is 18.0. The number of anilines is 3. The summed E-state index contributed by atoms with van der Waals surface area (Å²) < 4.78 is 53.1. The average molecular weight is 508 g/mol. The van der Waals surface area contributed by atoms with E-state index in [0.29, 0.717) is 11.4 Å². The highest BCUT2D eigenvalue weighted by Crippen LogP contribution is 2.24. The quantitative estimate of drug-likeness (QED) is 0.438. The van der Waals surface area contributed by atoms with E-state index in [2.05, 4.69) is 14.8 Å². The van der Waals surface area contributed by atoms with Gasteiger partial charge < -0.3 is 5.32 Å². The maximum atomic E-state index is 12.7. The van der Waals surface area contributed by atoms with Gasteiger partial charge in [0.25, 0.3) is 15.9 Å². The van der Waals surface area contributed by atoms with Crippen LogP contribution in [0.4, 0.5) is 17.1 Å². The Balaban J connectivity index is 1.76. The Labute approximate surface area is 198 Å². The molecule has 3 rings (SSSR count). The first kappa shape index (κ1) is 24.6. The third kappa shape index (κ3) is 6.47. The maximum absolute atomic E-state index is 12.7. The highest BCUT2D eigenvalue weighted by molar-refractivity contribution is 7.92. The molecule has 0 heterocycles.